The van der Waals surface area contributed by atoms with Gasteiger partial charge in [0.1, 0.15) is 6.54 Å². The topological polar surface area (TPSA) is 102 Å². The molecule has 1 aliphatic heterocycles. The van der Waals surface area contributed by atoms with Crippen LogP contribution in [0.4, 0.5) is 5.82 Å². The predicted octanol–water partition coefficient (Wildman–Crippen LogP) is 0.753. The van der Waals surface area contributed by atoms with E-state index in [1.165, 1.54) is 10.9 Å². The molecule has 21 heavy (non-hydrogen) atoms. The minimum absolute atomic E-state index is 0.237. The summed E-state index contributed by atoms with van der Waals surface area (Å²) in [6.07, 6.45) is 6.06. The van der Waals surface area contributed by atoms with Crippen LogP contribution in [0.25, 0.3) is 0 Å². The summed E-state index contributed by atoms with van der Waals surface area (Å²) in [5.74, 6) is -0.919. The summed E-state index contributed by atoms with van der Waals surface area (Å²) in [6.45, 7) is 0.606. The summed E-state index contributed by atoms with van der Waals surface area (Å²) in [6, 6.07) is 1.57. The molecule has 2 aromatic rings. The Labute approximate surface area is 120 Å². The molecule has 1 amide bonds. The molecule has 0 atom stereocenters. The molecule has 3 rings (SSSR count). The van der Waals surface area contributed by atoms with Crippen LogP contribution >= 0.6 is 0 Å². The molecule has 2 aromatic heterocycles. The minimum atomic E-state index is -0.985. The van der Waals surface area contributed by atoms with Gasteiger partial charge in [0.25, 0.3) is 5.91 Å². The number of carboxylic acids is 1. The zero-order valence-corrected chi connectivity index (χ0v) is 11.3. The van der Waals surface area contributed by atoms with Gasteiger partial charge in [-0.3, -0.25) is 19.0 Å². The van der Waals surface area contributed by atoms with E-state index in [4.69, 9.17) is 5.11 Å². The van der Waals surface area contributed by atoms with Crippen molar-refractivity contribution in [1.82, 2.24) is 19.6 Å². The van der Waals surface area contributed by atoms with Crippen molar-refractivity contribution in [2.75, 3.05) is 5.32 Å². The number of carbonyl (C=O) groups is 2. The van der Waals surface area contributed by atoms with Crippen molar-refractivity contribution in [3.8, 4) is 0 Å². The fourth-order valence-electron chi connectivity index (χ4n) is 2.45. The maximum atomic E-state index is 12.2. The number of rotatable bonds is 4. The minimum Gasteiger partial charge on any atom is -0.480 e. The maximum absolute atomic E-state index is 12.2. The quantitative estimate of drug-likeness (QED) is 0.864. The van der Waals surface area contributed by atoms with E-state index < -0.39 is 5.97 Å². The zero-order chi connectivity index (χ0) is 14.8. The molecule has 1 aliphatic rings. The molecule has 3 heterocycles. The number of carbonyl (C=O) groups excluding carboxylic acids is 1. The first-order chi connectivity index (χ1) is 10.1. The normalized spacial score (nSPS) is 13.7. The molecule has 0 unspecified atom stereocenters. The highest BCUT2D eigenvalue weighted by Gasteiger charge is 2.20. The number of nitrogens with zero attached hydrogens (tertiary/aromatic N) is 4. The number of aliphatic carboxylic acids is 1. The molecular formula is C13H15N5O3. The second-order valence-electron chi connectivity index (χ2n) is 4.93. The number of amides is 1. The molecule has 8 nitrogen and oxygen atoms in total. The summed E-state index contributed by atoms with van der Waals surface area (Å²) in [7, 11) is 0. The second-order valence-corrected chi connectivity index (χ2v) is 4.93. The summed E-state index contributed by atoms with van der Waals surface area (Å²) < 4.78 is 3.12. The fourth-order valence-corrected chi connectivity index (χ4v) is 2.45. The Kier molecular flexibility index (Phi) is 3.43. The van der Waals surface area contributed by atoms with Gasteiger partial charge in [-0.15, -0.1) is 0 Å². The van der Waals surface area contributed by atoms with Crippen LogP contribution in [-0.4, -0.2) is 36.5 Å². The van der Waals surface area contributed by atoms with Crippen molar-refractivity contribution in [3.63, 3.8) is 0 Å². The maximum Gasteiger partial charge on any atom is 0.325 e. The number of hydrogen-bond donors (Lipinski definition) is 2. The molecule has 0 bridgehead atoms. The van der Waals surface area contributed by atoms with E-state index in [2.05, 4.69) is 15.5 Å². The fraction of sp³-hybridized carbons (Fsp3) is 0.385. The van der Waals surface area contributed by atoms with Crippen LogP contribution in [0.5, 0.6) is 0 Å². The van der Waals surface area contributed by atoms with Crippen molar-refractivity contribution in [2.24, 2.45) is 0 Å². The first-order valence-electron chi connectivity index (χ1n) is 6.75. The Morgan fingerprint density at radius 2 is 2.24 bits per heavy atom. The Bertz CT molecular complexity index is 688. The number of nitrogens with one attached hydrogen (secondary N) is 1. The molecule has 2 N–H and O–H groups in total. The van der Waals surface area contributed by atoms with E-state index in [0.29, 0.717) is 11.4 Å². The third-order valence-electron chi connectivity index (χ3n) is 3.41. The highest BCUT2D eigenvalue weighted by molar-refractivity contribution is 6.04. The third-order valence-corrected chi connectivity index (χ3v) is 3.41. The predicted molar refractivity (Wildman–Crippen MR) is 73.0 cm³/mol. The number of anilines is 1. The standard InChI is InChI=1S/C13H15N5O3/c19-12(20)8-17-6-4-11(16-17)15-13(21)9-7-14-18-5-2-1-3-10(9)18/h4,6-7H,1-3,5,8H2,(H,19,20)(H,15,16,21). The summed E-state index contributed by atoms with van der Waals surface area (Å²) in [4.78, 5) is 22.8. The molecule has 0 saturated carbocycles. The van der Waals surface area contributed by atoms with Crippen molar-refractivity contribution in [1.29, 1.82) is 0 Å². The van der Waals surface area contributed by atoms with E-state index in [0.717, 1.165) is 31.5 Å². The zero-order valence-electron chi connectivity index (χ0n) is 11.3. The van der Waals surface area contributed by atoms with Crippen molar-refractivity contribution in [3.05, 3.63) is 29.7 Å². The van der Waals surface area contributed by atoms with E-state index in [1.807, 2.05) is 4.68 Å². The van der Waals surface area contributed by atoms with Gasteiger partial charge in [-0.2, -0.15) is 10.2 Å². The highest BCUT2D eigenvalue weighted by atomic mass is 16.4. The monoisotopic (exact) mass is 289 g/mol. The SMILES string of the molecule is O=C(O)Cn1ccc(NC(=O)c2cnn3c2CCCC3)n1. The lowest BCUT2D eigenvalue weighted by Crippen LogP contribution is -2.18. The molecule has 0 aromatic carbocycles. The Morgan fingerprint density at radius 3 is 3.05 bits per heavy atom. The lowest BCUT2D eigenvalue weighted by Gasteiger charge is -2.14. The molecule has 110 valence electrons. The van der Waals surface area contributed by atoms with Crippen LogP contribution in [0.1, 0.15) is 28.9 Å². The molecule has 0 fully saturated rings. The first-order valence-corrected chi connectivity index (χ1v) is 6.75. The van der Waals surface area contributed by atoms with Gasteiger partial charge in [0.2, 0.25) is 0 Å². The average molecular weight is 289 g/mol. The van der Waals surface area contributed by atoms with Gasteiger partial charge in [-0.25, -0.2) is 0 Å². The highest BCUT2D eigenvalue weighted by Crippen LogP contribution is 2.19. The van der Waals surface area contributed by atoms with Gasteiger partial charge < -0.3 is 10.4 Å². The summed E-state index contributed by atoms with van der Waals surface area (Å²) >= 11 is 0. The van der Waals surface area contributed by atoms with E-state index in [1.54, 1.807) is 12.3 Å². The Hall–Kier alpha value is -2.64. The summed E-state index contributed by atoms with van der Waals surface area (Å²) in [5.41, 5.74) is 1.51. The van der Waals surface area contributed by atoms with E-state index in [9.17, 15) is 9.59 Å². The number of aryl methyl sites for hydroxylation is 1. The van der Waals surface area contributed by atoms with Gasteiger partial charge in [0.15, 0.2) is 5.82 Å². The van der Waals surface area contributed by atoms with Crippen molar-refractivity contribution < 1.29 is 14.7 Å². The largest absolute Gasteiger partial charge is 0.480 e. The molecule has 0 aliphatic carbocycles. The molecular weight excluding hydrogens is 274 g/mol. The van der Waals surface area contributed by atoms with Gasteiger partial charge in [0, 0.05) is 18.8 Å². The first kappa shape index (κ1) is 13.3. The number of hydrogen-bond acceptors (Lipinski definition) is 4. The van der Waals surface area contributed by atoms with Gasteiger partial charge in [-0.05, 0) is 19.3 Å². The summed E-state index contributed by atoms with van der Waals surface area (Å²) in [5, 5.41) is 19.6. The number of aromatic nitrogens is 4. The average Bonchev–Trinajstić information content (AvgIpc) is 3.04. The lowest BCUT2D eigenvalue weighted by molar-refractivity contribution is -0.137. The van der Waals surface area contributed by atoms with Crippen LogP contribution in [0.3, 0.4) is 0 Å². The Balaban J connectivity index is 1.73. The third kappa shape index (κ3) is 2.78. The smallest absolute Gasteiger partial charge is 0.325 e. The van der Waals surface area contributed by atoms with Gasteiger partial charge >= 0.3 is 5.97 Å². The Morgan fingerprint density at radius 1 is 1.38 bits per heavy atom. The lowest BCUT2D eigenvalue weighted by atomic mass is 10.1. The molecule has 0 radical (unpaired) electrons. The molecule has 0 spiro atoms. The van der Waals surface area contributed by atoms with Crippen molar-refractivity contribution in [2.45, 2.75) is 32.4 Å². The molecule has 0 saturated heterocycles. The van der Waals surface area contributed by atoms with Gasteiger partial charge in [-0.1, -0.05) is 0 Å². The van der Waals surface area contributed by atoms with Crippen molar-refractivity contribution >= 4 is 17.7 Å². The van der Waals surface area contributed by atoms with Crippen LogP contribution in [-0.2, 0) is 24.3 Å². The number of carboxylic acid groups (broad SMARTS) is 1. The van der Waals surface area contributed by atoms with Crippen LogP contribution in [0.2, 0.25) is 0 Å². The number of fused-ring (bicyclic) bond motifs is 1. The van der Waals surface area contributed by atoms with Crippen LogP contribution in [0.15, 0.2) is 18.5 Å². The van der Waals surface area contributed by atoms with E-state index in [-0.39, 0.29) is 12.5 Å². The molecule has 8 heteroatoms. The second kappa shape index (κ2) is 5.39. The van der Waals surface area contributed by atoms with Gasteiger partial charge in [0.05, 0.1) is 17.5 Å². The van der Waals surface area contributed by atoms with Crippen LogP contribution < -0.4 is 5.32 Å². The van der Waals surface area contributed by atoms with E-state index >= 15 is 0 Å². The van der Waals surface area contributed by atoms with Crippen LogP contribution in [0, 0.1) is 0 Å².